The molecule has 1 aromatic heterocycles. The van der Waals surface area contributed by atoms with Gasteiger partial charge in [0.25, 0.3) is 0 Å². The number of amidine groups is 1. The molecule has 1 aliphatic rings. The van der Waals surface area contributed by atoms with Crippen molar-refractivity contribution >= 4 is 23.3 Å². The summed E-state index contributed by atoms with van der Waals surface area (Å²) in [5.74, 6) is 2.47. The van der Waals surface area contributed by atoms with Gasteiger partial charge in [-0.15, -0.1) is 0 Å². The molecule has 0 aliphatic carbocycles. The molecular weight excluding hydrogens is 244 g/mol. The Labute approximate surface area is 112 Å². The van der Waals surface area contributed by atoms with E-state index < -0.39 is 0 Å². The third-order valence-electron chi connectivity index (χ3n) is 3.14. The first-order valence-corrected chi connectivity index (χ1v) is 7.40. The Balaban J connectivity index is 2.43. The van der Waals surface area contributed by atoms with Crippen molar-refractivity contribution in [2.24, 2.45) is 5.73 Å². The number of thioether (sulfide) groups is 1. The van der Waals surface area contributed by atoms with Crippen LogP contribution < -0.4 is 10.6 Å². The SMILES string of the molecule is Cc1cc(N2CCCSCC2)c(C(=N)N)c(C)n1. The van der Waals surface area contributed by atoms with E-state index >= 15 is 0 Å². The summed E-state index contributed by atoms with van der Waals surface area (Å²) in [6, 6.07) is 2.06. The lowest BCUT2D eigenvalue weighted by atomic mass is 10.1. The molecule has 18 heavy (non-hydrogen) atoms. The van der Waals surface area contributed by atoms with Gasteiger partial charge in [-0.25, -0.2) is 0 Å². The van der Waals surface area contributed by atoms with Gasteiger partial charge in [-0.05, 0) is 32.1 Å². The fourth-order valence-electron chi connectivity index (χ4n) is 2.38. The number of pyridine rings is 1. The Hall–Kier alpha value is -1.23. The van der Waals surface area contributed by atoms with E-state index in [1.54, 1.807) is 0 Å². The monoisotopic (exact) mass is 264 g/mol. The molecule has 0 saturated carbocycles. The van der Waals surface area contributed by atoms with Crippen LogP contribution in [0.25, 0.3) is 0 Å². The van der Waals surface area contributed by atoms with Crippen LogP contribution in [0.15, 0.2) is 6.07 Å². The molecular formula is C13H20N4S. The van der Waals surface area contributed by atoms with Crippen molar-refractivity contribution in [1.29, 1.82) is 5.41 Å². The molecule has 4 nitrogen and oxygen atoms in total. The van der Waals surface area contributed by atoms with Crippen LogP contribution in [0.5, 0.6) is 0 Å². The molecule has 1 aromatic rings. The normalized spacial score (nSPS) is 16.4. The lowest BCUT2D eigenvalue weighted by molar-refractivity contribution is 0.811. The van der Waals surface area contributed by atoms with Crippen LogP contribution in [0.1, 0.15) is 23.4 Å². The summed E-state index contributed by atoms with van der Waals surface area (Å²) in [6.45, 7) is 5.98. The molecule has 5 heteroatoms. The second-order valence-corrected chi connectivity index (χ2v) is 5.83. The molecule has 1 saturated heterocycles. The Morgan fingerprint density at radius 2 is 2.17 bits per heavy atom. The lowest BCUT2D eigenvalue weighted by Gasteiger charge is -2.26. The smallest absolute Gasteiger partial charge is 0.126 e. The highest BCUT2D eigenvalue weighted by molar-refractivity contribution is 7.99. The van der Waals surface area contributed by atoms with Crippen molar-refractivity contribution in [2.45, 2.75) is 20.3 Å². The topological polar surface area (TPSA) is 66.0 Å². The Morgan fingerprint density at radius 1 is 1.39 bits per heavy atom. The minimum absolute atomic E-state index is 0.118. The maximum absolute atomic E-state index is 7.77. The average molecular weight is 264 g/mol. The molecule has 1 aliphatic heterocycles. The van der Waals surface area contributed by atoms with Gasteiger partial charge in [-0.3, -0.25) is 10.4 Å². The van der Waals surface area contributed by atoms with Crippen LogP contribution in [0.3, 0.4) is 0 Å². The highest BCUT2D eigenvalue weighted by atomic mass is 32.2. The number of nitrogens with zero attached hydrogens (tertiary/aromatic N) is 2. The zero-order valence-corrected chi connectivity index (χ0v) is 11.8. The number of rotatable bonds is 2. The number of anilines is 1. The van der Waals surface area contributed by atoms with Crippen LogP contribution in [0.2, 0.25) is 0 Å². The van der Waals surface area contributed by atoms with Crippen molar-refractivity contribution < 1.29 is 0 Å². The fraction of sp³-hybridized carbons (Fsp3) is 0.538. The quantitative estimate of drug-likeness (QED) is 0.633. The van der Waals surface area contributed by atoms with Crippen molar-refractivity contribution in [2.75, 3.05) is 29.5 Å². The van der Waals surface area contributed by atoms with Gasteiger partial charge in [0.1, 0.15) is 5.84 Å². The van der Waals surface area contributed by atoms with Gasteiger partial charge in [0.05, 0.1) is 16.9 Å². The van der Waals surface area contributed by atoms with E-state index in [0.29, 0.717) is 0 Å². The number of hydrogen-bond acceptors (Lipinski definition) is 4. The van der Waals surface area contributed by atoms with E-state index in [2.05, 4.69) is 16.0 Å². The first-order valence-electron chi connectivity index (χ1n) is 6.25. The van der Waals surface area contributed by atoms with Crippen LogP contribution in [0.4, 0.5) is 5.69 Å². The summed E-state index contributed by atoms with van der Waals surface area (Å²) in [6.07, 6.45) is 1.18. The maximum atomic E-state index is 7.77. The minimum Gasteiger partial charge on any atom is -0.384 e. The van der Waals surface area contributed by atoms with Gasteiger partial charge in [0.2, 0.25) is 0 Å². The van der Waals surface area contributed by atoms with Crippen LogP contribution in [0, 0.1) is 19.3 Å². The van der Waals surface area contributed by atoms with E-state index in [4.69, 9.17) is 11.1 Å². The largest absolute Gasteiger partial charge is 0.384 e. The molecule has 0 aromatic carbocycles. The van der Waals surface area contributed by atoms with E-state index in [1.165, 1.54) is 12.2 Å². The highest BCUT2D eigenvalue weighted by Gasteiger charge is 2.18. The summed E-state index contributed by atoms with van der Waals surface area (Å²) >= 11 is 1.99. The lowest BCUT2D eigenvalue weighted by Crippen LogP contribution is -2.29. The summed E-state index contributed by atoms with van der Waals surface area (Å²) in [5, 5.41) is 7.77. The molecule has 0 bridgehead atoms. The Bertz CT molecular complexity index is 451. The molecule has 2 heterocycles. The van der Waals surface area contributed by atoms with Crippen molar-refractivity contribution in [3.63, 3.8) is 0 Å². The maximum Gasteiger partial charge on any atom is 0.126 e. The summed E-state index contributed by atoms with van der Waals surface area (Å²) in [5.41, 5.74) is 9.45. The van der Waals surface area contributed by atoms with Crippen LogP contribution in [-0.2, 0) is 0 Å². The van der Waals surface area contributed by atoms with Gasteiger partial charge < -0.3 is 10.6 Å². The molecule has 0 amide bonds. The molecule has 0 radical (unpaired) electrons. The third-order valence-corrected chi connectivity index (χ3v) is 4.19. The van der Waals surface area contributed by atoms with E-state index in [0.717, 1.165) is 41.5 Å². The van der Waals surface area contributed by atoms with Gasteiger partial charge in [0.15, 0.2) is 0 Å². The predicted molar refractivity (Wildman–Crippen MR) is 78.9 cm³/mol. The molecule has 98 valence electrons. The Morgan fingerprint density at radius 3 is 2.89 bits per heavy atom. The van der Waals surface area contributed by atoms with Gasteiger partial charge in [0, 0.05) is 24.5 Å². The fourth-order valence-corrected chi connectivity index (χ4v) is 3.26. The second kappa shape index (κ2) is 5.61. The minimum atomic E-state index is 0.118. The highest BCUT2D eigenvalue weighted by Crippen LogP contribution is 2.25. The second-order valence-electron chi connectivity index (χ2n) is 4.61. The van der Waals surface area contributed by atoms with Crippen LogP contribution >= 0.6 is 11.8 Å². The first-order chi connectivity index (χ1) is 8.59. The van der Waals surface area contributed by atoms with Crippen LogP contribution in [-0.4, -0.2) is 35.4 Å². The van der Waals surface area contributed by atoms with E-state index in [9.17, 15) is 0 Å². The number of nitrogens with one attached hydrogen (secondary N) is 1. The summed E-state index contributed by atoms with van der Waals surface area (Å²) in [7, 11) is 0. The molecule has 0 atom stereocenters. The molecule has 0 unspecified atom stereocenters. The van der Waals surface area contributed by atoms with Crippen molar-refractivity contribution in [3.05, 3.63) is 23.0 Å². The molecule has 3 N–H and O–H groups in total. The zero-order valence-electron chi connectivity index (χ0n) is 11.0. The third kappa shape index (κ3) is 2.77. The van der Waals surface area contributed by atoms with E-state index in [-0.39, 0.29) is 5.84 Å². The van der Waals surface area contributed by atoms with Gasteiger partial charge >= 0.3 is 0 Å². The van der Waals surface area contributed by atoms with E-state index in [1.807, 2.05) is 25.6 Å². The first kappa shape index (κ1) is 13.2. The molecule has 1 fully saturated rings. The molecule has 2 rings (SSSR count). The number of hydrogen-bond donors (Lipinski definition) is 2. The van der Waals surface area contributed by atoms with Crippen molar-refractivity contribution in [1.82, 2.24) is 4.98 Å². The Kier molecular flexibility index (Phi) is 4.11. The van der Waals surface area contributed by atoms with Gasteiger partial charge in [-0.2, -0.15) is 11.8 Å². The van der Waals surface area contributed by atoms with Gasteiger partial charge in [-0.1, -0.05) is 0 Å². The average Bonchev–Trinajstić information content (AvgIpc) is 2.55. The predicted octanol–water partition coefficient (Wildman–Crippen LogP) is 1.93. The zero-order chi connectivity index (χ0) is 13.1. The summed E-state index contributed by atoms with van der Waals surface area (Å²) < 4.78 is 0. The molecule has 0 spiro atoms. The number of aromatic nitrogens is 1. The number of nitrogen functional groups attached to an aromatic ring is 1. The number of nitrogens with two attached hydrogens (primary N) is 1. The summed E-state index contributed by atoms with van der Waals surface area (Å²) in [4.78, 5) is 6.77. The number of aryl methyl sites for hydroxylation is 2. The van der Waals surface area contributed by atoms with Crippen molar-refractivity contribution in [3.8, 4) is 0 Å². The standard InChI is InChI=1S/C13H20N4S/c1-9-8-11(12(13(14)15)10(2)16-9)17-4-3-6-18-7-5-17/h8H,3-7H2,1-2H3,(H3,14,15).